The Bertz CT molecular complexity index is 1770. The molecule has 0 bridgehead atoms. The first kappa shape index (κ1) is 28.0. The molecule has 42 heavy (non-hydrogen) atoms. The van der Waals surface area contributed by atoms with Crippen molar-refractivity contribution in [3.8, 4) is 22.7 Å². The number of amides is 1. The van der Waals surface area contributed by atoms with Gasteiger partial charge in [0.1, 0.15) is 16.7 Å². The van der Waals surface area contributed by atoms with Gasteiger partial charge in [-0.25, -0.2) is 4.68 Å². The van der Waals surface area contributed by atoms with Crippen LogP contribution in [-0.4, -0.2) is 24.9 Å². The Labute approximate surface area is 259 Å². The van der Waals surface area contributed by atoms with E-state index in [0.717, 1.165) is 39.4 Å². The predicted octanol–water partition coefficient (Wildman–Crippen LogP) is 8.73. The zero-order valence-corrected chi connectivity index (χ0v) is 25.1. The molecule has 1 aliphatic rings. The molecule has 208 valence electrons. The van der Waals surface area contributed by atoms with Crippen molar-refractivity contribution in [2.45, 2.75) is 19.6 Å². The molecule has 1 aliphatic heterocycles. The Balaban J connectivity index is 1.31. The summed E-state index contributed by atoms with van der Waals surface area (Å²) in [6.07, 6.45) is 3.83. The van der Waals surface area contributed by atoms with Crippen molar-refractivity contribution in [2.24, 2.45) is 0 Å². The van der Waals surface area contributed by atoms with Crippen molar-refractivity contribution in [3.63, 3.8) is 0 Å². The highest BCUT2D eigenvalue weighted by atomic mass is 35.5. The lowest BCUT2D eigenvalue weighted by Crippen LogP contribution is -2.30. The molecule has 0 N–H and O–H groups in total. The highest BCUT2D eigenvalue weighted by Gasteiger charge is 2.36. The van der Waals surface area contributed by atoms with Gasteiger partial charge in [-0.3, -0.25) is 9.69 Å². The van der Waals surface area contributed by atoms with Crippen LogP contribution in [0, 0.1) is 0 Å². The van der Waals surface area contributed by atoms with Gasteiger partial charge in [-0.2, -0.15) is 5.10 Å². The van der Waals surface area contributed by atoms with E-state index in [0.29, 0.717) is 20.9 Å². The summed E-state index contributed by atoms with van der Waals surface area (Å²) < 4.78 is 8.35. The molecule has 2 heterocycles. The summed E-state index contributed by atoms with van der Waals surface area (Å²) in [5.74, 6) is 0.613. The van der Waals surface area contributed by atoms with E-state index >= 15 is 0 Å². The fourth-order valence-corrected chi connectivity index (χ4v) is 6.35. The second kappa shape index (κ2) is 12.4. The number of thiocarbonyl (C=S) groups is 1. The Morgan fingerprint density at radius 1 is 0.929 bits per heavy atom. The molecule has 5 nitrogen and oxygen atoms in total. The molecule has 5 aromatic rings. The van der Waals surface area contributed by atoms with Crippen molar-refractivity contribution in [2.75, 3.05) is 0 Å². The van der Waals surface area contributed by atoms with Gasteiger partial charge in [0.05, 0.1) is 22.3 Å². The summed E-state index contributed by atoms with van der Waals surface area (Å²) in [4.78, 5) is 15.9. The lowest BCUT2D eigenvalue weighted by molar-refractivity contribution is -0.123. The summed E-state index contributed by atoms with van der Waals surface area (Å²) in [5.41, 5.74) is 5.34. The van der Waals surface area contributed by atoms with Crippen LogP contribution in [0.4, 0.5) is 0 Å². The summed E-state index contributed by atoms with van der Waals surface area (Å²) >= 11 is 13.3. The molecule has 8 heteroatoms. The Morgan fingerprint density at radius 3 is 2.31 bits per heavy atom. The SMILES string of the molecule is CC(c1ccccc1)N1C(=O)/C(=C/c2cn(-c3ccccc3)nc2-c2ccc(OCc3ccccc3Cl)cc2)SC1=S. The van der Waals surface area contributed by atoms with E-state index in [-0.39, 0.29) is 11.9 Å². The molecular formula is C34H26ClN3O2S2. The first-order chi connectivity index (χ1) is 20.5. The molecule has 0 radical (unpaired) electrons. The molecule has 1 unspecified atom stereocenters. The summed E-state index contributed by atoms with van der Waals surface area (Å²) in [6.45, 7) is 2.37. The standard InChI is InChI=1S/C34H26ClN3O2S2/c1-23(24-10-4-2-5-11-24)38-33(39)31(42-34(38)41)20-27-21-37(28-13-6-3-7-14-28)36-32(27)25-16-18-29(19-17-25)40-22-26-12-8-9-15-30(26)35/h2-21,23H,22H2,1H3/b31-20-. The number of thioether (sulfide) groups is 1. The second-order valence-electron chi connectivity index (χ2n) is 9.76. The van der Waals surface area contributed by atoms with Gasteiger partial charge in [0.2, 0.25) is 0 Å². The topological polar surface area (TPSA) is 47.4 Å². The van der Waals surface area contributed by atoms with Crippen LogP contribution in [0.25, 0.3) is 23.0 Å². The quantitative estimate of drug-likeness (QED) is 0.130. The van der Waals surface area contributed by atoms with Crippen molar-refractivity contribution in [3.05, 3.63) is 142 Å². The third kappa shape index (κ3) is 5.90. The molecule has 4 aromatic carbocycles. The highest BCUT2D eigenvalue weighted by Crippen LogP contribution is 2.39. The van der Waals surface area contributed by atoms with Gasteiger partial charge in [0, 0.05) is 27.9 Å². The average molecular weight is 608 g/mol. The Kier molecular flexibility index (Phi) is 8.24. The fraction of sp³-hybridized carbons (Fsp3) is 0.0882. The zero-order chi connectivity index (χ0) is 29.1. The first-order valence-electron chi connectivity index (χ1n) is 13.4. The smallest absolute Gasteiger partial charge is 0.266 e. The molecule has 0 aliphatic carbocycles. The zero-order valence-electron chi connectivity index (χ0n) is 22.7. The van der Waals surface area contributed by atoms with Crippen LogP contribution in [0.15, 0.2) is 120 Å². The number of halogens is 1. The summed E-state index contributed by atoms with van der Waals surface area (Å²) in [6, 6.07) is 35.1. The predicted molar refractivity (Wildman–Crippen MR) is 175 cm³/mol. The van der Waals surface area contributed by atoms with E-state index in [4.69, 9.17) is 33.7 Å². The van der Waals surface area contributed by atoms with Crippen LogP contribution >= 0.6 is 35.6 Å². The van der Waals surface area contributed by atoms with E-state index in [2.05, 4.69) is 0 Å². The van der Waals surface area contributed by atoms with Crippen molar-refractivity contribution < 1.29 is 9.53 Å². The molecule has 1 amide bonds. The Morgan fingerprint density at radius 2 is 1.60 bits per heavy atom. The van der Waals surface area contributed by atoms with Gasteiger partial charge in [0.25, 0.3) is 5.91 Å². The number of carbonyl (C=O) groups is 1. The number of ether oxygens (including phenoxy) is 1. The van der Waals surface area contributed by atoms with Crippen LogP contribution in [0.3, 0.4) is 0 Å². The molecule has 6 rings (SSSR count). The van der Waals surface area contributed by atoms with Crippen molar-refractivity contribution >= 4 is 51.9 Å². The number of aromatic nitrogens is 2. The first-order valence-corrected chi connectivity index (χ1v) is 15.0. The van der Waals surface area contributed by atoms with Gasteiger partial charge in [-0.1, -0.05) is 102 Å². The molecule has 1 saturated heterocycles. The third-order valence-electron chi connectivity index (χ3n) is 7.02. The molecule has 0 saturated carbocycles. The molecular weight excluding hydrogens is 582 g/mol. The number of hydrogen-bond acceptors (Lipinski definition) is 5. The number of nitrogens with zero attached hydrogens (tertiary/aromatic N) is 3. The molecule has 1 fully saturated rings. The van der Waals surface area contributed by atoms with Gasteiger partial charge < -0.3 is 4.74 Å². The van der Waals surface area contributed by atoms with E-state index in [1.807, 2.05) is 133 Å². The van der Waals surface area contributed by atoms with Crippen LogP contribution in [0.1, 0.15) is 29.7 Å². The number of hydrogen-bond donors (Lipinski definition) is 0. The van der Waals surface area contributed by atoms with Gasteiger partial charge in [0.15, 0.2) is 0 Å². The van der Waals surface area contributed by atoms with Crippen LogP contribution < -0.4 is 4.74 Å². The van der Waals surface area contributed by atoms with Crippen molar-refractivity contribution in [1.29, 1.82) is 0 Å². The lowest BCUT2D eigenvalue weighted by atomic mass is 10.1. The van der Waals surface area contributed by atoms with Crippen LogP contribution in [-0.2, 0) is 11.4 Å². The second-order valence-corrected chi connectivity index (χ2v) is 11.8. The minimum absolute atomic E-state index is 0.108. The largest absolute Gasteiger partial charge is 0.489 e. The van der Waals surface area contributed by atoms with E-state index in [9.17, 15) is 4.79 Å². The number of carbonyl (C=O) groups excluding carboxylic acids is 1. The number of benzene rings is 4. The van der Waals surface area contributed by atoms with Crippen LogP contribution in [0.2, 0.25) is 5.02 Å². The summed E-state index contributed by atoms with van der Waals surface area (Å²) in [5, 5.41) is 5.59. The third-order valence-corrected chi connectivity index (χ3v) is 8.72. The van der Waals surface area contributed by atoms with E-state index < -0.39 is 0 Å². The van der Waals surface area contributed by atoms with Gasteiger partial charge in [-0.15, -0.1) is 0 Å². The minimum atomic E-state index is -0.172. The maximum absolute atomic E-state index is 13.6. The van der Waals surface area contributed by atoms with E-state index in [1.165, 1.54) is 11.8 Å². The normalized spacial score (nSPS) is 14.9. The molecule has 0 spiro atoms. The maximum Gasteiger partial charge on any atom is 0.266 e. The van der Waals surface area contributed by atoms with Crippen molar-refractivity contribution in [1.82, 2.24) is 14.7 Å². The number of para-hydroxylation sites is 1. The van der Waals surface area contributed by atoms with Gasteiger partial charge in [-0.05, 0) is 61.0 Å². The average Bonchev–Trinajstić information content (AvgIpc) is 3.57. The number of rotatable bonds is 8. The minimum Gasteiger partial charge on any atom is -0.489 e. The lowest BCUT2D eigenvalue weighted by Gasteiger charge is -2.23. The van der Waals surface area contributed by atoms with E-state index in [1.54, 1.807) is 4.90 Å². The maximum atomic E-state index is 13.6. The fourth-order valence-electron chi connectivity index (χ4n) is 4.75. The molecule has 1 aromatic heterocycles. The highest BCUT2D eigenvalue weighted by molar-refractivity contribution is 8.26. The van der Waals surface area contributed by atoms with Gasteiger partial charge >= 0.3 is 0 Å². The molecule has 1 atom stereocenters. The van der Waals surface area contributed by atoms with Crippen LogP contribution in [0.5, 0.6) is 5.75 Å². The Hall–Kier alpha value is -4.17. The summed E-state index contributed by atoms with van der Waals surface area (Å²) in [7, 11) is 0. The monoisotopic (exact) mass is 607 g/mol.